The van der Waals surface area contributed by atoms with Gasteiger partial charge in [0.15, 0.2) is 0 Å². The number of aliphatic hydroxyl groups is 1. The molecule has 1 fully saturated rings. The highest BCUT2D eigenvalue weighted by atomic mass is 16.5. The third kappa shape index (κ3) is 2.92. The predicted octanol–water partition coefficient (Wildman–Crippen LogP) is 0.904. The van der Waals surface area contributed by atoms with Crippen molar-refractivity contribution in [2.75, 3.05) is 19.8 Å². The Kier molecular flexibility index (Phi) is 3.86. The summed E-state index contributed by atoms with van der Waals surface area (Å²) in [7, 11) is 0. The second kappa shape index (κ2) is 5.78. The molecule has 20 heavy (non-hydrogen) atoms. The van der Waals surface area contributed by atoms with E-state index in [9.17, 15) is 0 Å². The van der Waals surface area contributed by atoms with Crippen LogP contribution in [0.1, 0.15) is 17.2 Å². The molecule has 0 bridgehead atoms. The van der Waals surface area contributed by atoms with E-state index in [1.807, 2.05) is 18.2 Å². The van der Waals surface area contributed by atoms with Crippen LogP contribution in [0.15, 0.2) is 33.4 Å². The normalized spacial score (nSPS) is 17.1. The lowest BCUT2D eigenvalue weighted by atomic mass is 9.91. The molecule has 2 aromatic rings. The van der Waals surface area contributed by atoms with Crippen LogP contribution in [0.2, 0.25) is 0 Å². The molecule has 0 radical (unpaired) electrons. The van der Waals surface area contributed by atoms with Gasteiger partial charge in [-0.15, -0.1) is 0 Å². The zero-order valence-corrected chi connectivity index (χ0v) is 11.2. The Bertz CT molecular complexity index is 531. The van der Waals surface area contributed by atoms with Gasteiger partial charge in [-0.3, -0.25) is 5.32 Å². The van der Waals surface area contributed by atoms with E-state index in [0.29, 0.717) is 31.9 Å². The maximum atomic E-state index is 8.88. The molecule has 0 atom stereocenters. The zero-order chi connectivity index (χ0) is 13.8. The molecule has 0 saturated carbocycles. The molecule has 108 valence electrons. The Morgan fingerprint density at radius 1 is 1.35 bits per heavy atom. The fourth-order valence-electron chi connectivity index (χ4n) is 2.32. The van der Waals surface area contributed by atoms with E-state index < -0.39 is 0 Å². The van der Waals surface area contributed by atoms with Crippen LogP contribution >= 0.6 is 0 Å². The minimum absolute atomic E-state index is 0.0691. The quantitative estimate of drug-likeness (QED) is 0.783. The first-order valence-corrected chi connectivity index (χ1v) is 6.70. The fourth-order valence-corrected chi connectivity index (χ4v) is 2.32. The van der Waals surface area contributed by atoms with Crippen LogP contribution in [0.4, 0.5) is 0 Å². The number of nitrogens with zero attached hydrogens (tertiary/aromatic N) is 1. The predicted molar refractivity (Wildman–Crippen MR) is 70.1 cm³/mol. The lowest BCUT2D eigenvalue weighted by molar-refractivity contribution is -0.0761. The molecule has 2 aromatic heterocycles. The van der Waals surface area contributed by atoms with Gasteiger partial charge in [0.2, 0.25) is 0 Å². The van der Waals surface area contributed by atoms with Crippen molar-refractivity contribution >= 4 is 0 Å². The van der Waals surface area contributed by atoms with Crippen molar-refractivity contribution in [3.05, 3.63) is 41.7 Å². The summed E-state index contributed by atoms with van der Waals surface area (Å²) in [6, 6.07) is 5.71. The fraction of sp³-hybridized carbons (Fsp3) is 0.500. The van der Waals surface area contributed by atoms with Gasteiger partial charge in [0.25, 0.3) is 0 Å². The Morgan fingerprint density at radius 3 is 2.90 bits per heavy atom. The second-order valence-corrected chi connectivity index (χ2v) is 5.14. The van der Waals surface area contributed by atoms with E-state index in [4.69, 9.17) is 18.8 Å². The number of ether oxygens (including phenoxy) is 1. The smallest absolute Gasteiger partial charge is 0.139 e. The van der Waals surface area contributed by atoms with Gasteiger partial charge in [0.1, 0.15) is 11.5 Å². The van der Waals surface area contributed by atoms with Crippen molar-refractivity contribution < 1.29 is 18.8 Å². The van der Waals surface area contributed by atoms with Crippen LogP contribution in [0, 0.1) is 0 Å². The molecule has 1 saturated heterocycles. The van der Waals surface area contributed by atoms with Gasteiger partial charge >= 0.3 is 0 Å². The second-order valence-electron chi connectivity index (χ2n) is 5.14. The van der Waals surface area contributed by atoms with E-state index in [0.717, 1.165) is 17.9 Å². The van der Waals surface area contributed by atoms with Crippen LogP contribution in [0.5, 0.6) is 0 Å². The summed E-state index contributed by atoms with van der Waals surface area (Å²) in [4.78, 5) is 0. The summed E-state index contributed by atoms with van der Waals surface area (Å²) in [6.45, 7) is 2.03. The van der Waals surface area contributed by atoms with Crippen LogP contribution in [-0.2, 0) is 24.1 Å². The molecule has 0 aliphatic carbocycles. The number of aromatic nitrogens is 1. The van der Waals surface area contributed by atoms with Crippen molar-refractivity contribution in [1.82, 2.24) is 10.5 Å². The number of aliphatic hydroxyl groups excluding tert-OH is 1. The maximum Gasteiger partial charge on any atom is 0.139 e. The summed E-state index contributed by atoms with van der Waals surface area (Å²) in [5, 5.41) is 16.4. The van der Waals surface area contributed by atoms with Gasteiger partial charge in [-0.2, -0.15) is 0 Å². The first-order valence-electron chi connectivity index (χ1n) is 6.70. The SMILES string of the molecule is OCCc1cc(CC2(NCc3ccco3)COC2)no1. The van der Waals surface area contributed by atoms with Crippen molar-refractivity contribution in [2.24, 2.45) is 0 Å². The molecular weight excluding hydrogens is 260 g/mol. The maximum absolute atomic E-state index is 8.88. The minimum Gasteiger partial charge on any atom is -0.468 e. The molecule has 3 rings (SSSR count). The molecular formula is C14H18N2O4. The largest absolute Gasteiger partial charge is 0.468 e. The lowest BCUT2D eigenvalue weighted by Gasteiger charge is -2.41. The molecule has 0 amide bonds. The number of hydrogen-bond donors (Lipinski definition) is 2. The molecule has 1 aliphatic rings. The number of rotatable bonds is 7. The summed E-state index contributed by atoms with van der Waals surface area (Å²) >= 11 is 0. The molecule has 0 aromatic carbocycles. The van der Waals surface area contributed by atoms with Gasteiger partial charge in [0.05, 0.1) is 43.9 Å². The molecule has 0 spiro atoms. The van der Waals surface area contributed by atoms with Crippen molar-refractivity contribution in [2.45, 2.75) is 24.9 Å². The van der Waals surface area contributed by atoms with Gasteiger partial charge in [0, 0.05) is 18.9 Å². The van der Waals surface area contributed by atoms with E-state index >= 15 is 0 Å². The van der Waals surface area contributed by atoms with Crippen LogP contribution in [0.25, 0.3) is 0 Å². The van der Waals surface area contributed by atoms with E-state index in [2.05, 4.69) is 10.5 Å². The molecule has 6 heteroatoms. The van der Waals surface area contributed by atoms with Gasteiger partial charge < -0.3 is 18.8 Å². The first-order chi connectivity index (χ1) is 9.80. The summed E-state index contributed by atoms with van der Waals surface area (Å²) < 4.78 is 15.8. The molecule has 2 N–H and O–H groups in total. The average molecular weight is 278 g/mol. The lowest BCUT2D eigenvalue weighted by Crippen LogP contribution is -2.61. The summed E-state index contributed by atoms with van der Waals surface area (Å²) in [5.74, 6) is 1.61. The van der Waals surface area contributed by atoms with Crippen molar-refractivity contribution in [3.63, 3.8) is 0 Å². The average Bonchev–Trinajstić information content (AvgIpc) is 3.04. The Hall–Kier alpha value is -1.63. The van der Waals surface area contributed by atoms with Gasteiger partial charge in [-0.05, 0) is 12.1 Å². The monoisotopic (exact) mass is 278 g/mol. The van der Waals surface area contributed by atoms with E-state index in [-0.39, 0.29) is 12.1 Å². The van der Waals surface area contributed by atoms with Gasteiger partial charge in [-0.1, -0.05) is 5.16 Å². The summed E-state index contributed by atoms with van der Waals surface area (Å²) in [6.07, 6.45) is 2.90. The summed E-state index contributed by atoms with van der Waals surface area (Å²) in [5.41, 5.74) is 0.767. The topological polar surface area (TPSA) is 80.7 Å². The Morgan fingerprint density at radius 2 is 2.25 bits per heavy atom. The van der Waals surface area contributed by atoms with Crippen LogP contribution in [-0.4, -0.2) is 35.6 Å². The highest BCUT2D eigenvalue weighted by molar-refractivity contribution is 5.13. The number of hydrogen-bond acceptors (Lipinski definition) is 6. The Labute approximate surface area is 116 Å². The first kappa shape index (κ1) is 13.4. The third-order valence-corrected chi connectivity index (χ3v) is 3.46. The van der Waals surface area contributed by atoms with E-state index in [1.165, 1.54) is 0 Å². The Balaban J connectivity index is 1.60. The van der Waals surface area contributed by atoms with Gasteiger partial charge in [-0.25, -0.2) is 0 Å². The molecule has 6 nitrogen and oxygen atoms in total. The number of furan rings is 1. The highest BCUT2D eigenvalue weighted by Crippen LogP contribution is 2.23. The zero-order valence-electron chi connectivity index (χ0n) is 11.2. The number of nitrogens with one attached hydrogen (secondary N) is 1. The molecule has 3 heterocycles. The third-order valence-electron chi connectivity index (χ3n) is 3.46. The van der Waals surface area contributed by atoms with Crippen LogP contribution in [0.3, 0.4) is 0 Å². The minimum atomic E-state index is -0.111. The van der Waals surface area contributed by atoms with Crippen molar-refractivity contribution in [1.29, 1.82) is 0 Å². The van der Waals surface area contributed by atoms with Crippen LogP contribution < -0.4 is 5.32 Å². The molecule has 0 unspecified atom stereocenters. The standard InChI is InChI=1S/C14H18N2O4/c17-4-3-12-6-11(16-20-12)7-14(9-18-10-14)15-8-13-2-1-5-19-13/h1-2,5-6,15,17H,3-4,7-10H2. The van der Waals surface area contributed by atoms with E-state index in [1.54, 1.807) is 6.26 Å². The molecule has 1 aliphatic heterocycles. The van der Waals surface area contributed by atoms with Crippen molar-refractivity contribution in [3.8, 4) is 0 Å². The highest BCUT2D eigenvalue weighted by Gasteiger charge is 2.39.